The summed E-state index contributed by atoms with van der Waals surface area (Å²) < 4.78 is 12.7. The van der Waals surface area contributed by atoms with Gasteiger partial charge in [-0.05, 0) is 36.2 Å². The van der Waals surface area contributed by atoms with Gasteiger partial charge in [0.1, 0.15) is 11.6 Å². The topological polar surface area (TPSA) is 62.1 Å². The predicted octanol–water partition coefficient (Wildman–Crippen LogP) is 2.77. The molecule has 0 saturated carbocycles. The Morgan fingerprint density at radius 1 is 1.16 bits per heavy atom. The van der Waals surface area contributed by atoms with Crippen LogP contribution in [0.5, 0.6) is 5.75 Å². The van der Waals surface area contributed by atoms with Crippen molar-refractivity contribution < 1.29 is 9.47 Å². The first-order valence-corrected chi connectivity index (χ1v) is 8.40. The fraction of sp³-hybridized carbons (Fsp3) is 0.316. The van der Waals surface area contributed by atoms with Gasteiger partial charge in [-0.2, -0.15) is 5.10 Å². The summed E-state index contributed by atoms with van der Waals surface area (Å²) in [4.78, 5) is 8.92. The number of hydrogen-bond donors (Lipinski definition) is 0. The van der Waals surface area contributed by atoms with E-state index in [1.165, 1.54) is 0 Å². The molecule has 0 N–H and O–H groups in total. The first-order chi connectivity index (χ1) is 12.3. The van der Waals surface area contributed by atoms with E-state index >= 15 is 0 Å². The van der Waals surface area contributed by atoms with E-state index in [0.29, 0.717) is 13.0 Å². The number of nitrogens with zero attached hydrogens (tertiary/aromatic N) is 4. The molecule has 0 aliphatic carbocycles. The molecule has 128 valence electrons. The number of rotatable bonds is 5. The minimum absolute atomic E-state index is 0.283. The molecular formula is C19H20N4O2. The first kappa shape index (κ1) is 15.8. The Morgan fingerprint density at radius 2 is 1.96 bits per heavy atom. The summed E-state index contributed by atoms with van der Waals surface area (Å²) in [7, 11) is 1.67. The average Bonchev–Trinajstić information content (AvgIpc) is 3.33. The molecule has 6 nitrogen and oxygen atoms in total. The van der Waals surface area contributed by atoms with Crippen LogP contribution in [0.1, 0.15) is 29.6 Å². The van der Waals surface area contributed by atoms with E-state index in [0.717, 1.165) is 41.7 Å². The maximum atomic E-state index is 5.55. The van der Waals surface area contributed by atoms with Crippen molar-refractivity contribution in [1.82, 2.24) is 19.7 Å². The van der Waals surface area contributed by atoms with E-state index in [-0.39, 0.29) is 5.92 Å². The molecule has 0 spiro atoms. The largest absolute Gasteiger partial charge is 0.497 e. The van der Waals surface area contributed by atoms with E-state index in [9.17, 15) is 0 Å². The van der Waals surface area contributed by atoms with Crippen LogP contribution < -0.4 is 4.74 Å². The van der Waals surface area contributed by atoms with E-state index < -0.39 is 0 Å². The molecule has 1 unspecified atom stereocenters. The summed E-state index contributed by atoms with van der Waals surface area (Å²) in [5.74, 6) is 2.91. The zero-order chi connectivity index (χ0) is 17.1. The number of hydrogen-bond acceptors (Lipinski definition) is 5. The fourth-order valence-electron chi connectivity index (χ4n) is 3.05. The minimum Gasteiger partial charge on any atom is -0.497 e. The summed E-state index contributed by atoms with van der Waals surface area (Å²) >= 11 is 0. The molecule has 1 aromatic carbocycles. The molecule has 1 aliphatic rings. The summed E-state index contributed by atoms with van der Waals surface area (Å²) in [6.07, 6.45) is 5.21. The van der Waals surface area contributed by atoms with Crippen LogP contribution in [-0.2, 0) is 11.2 Å². The van der Waals surface area contributed by atoms with Crippen LogP contribution in [-0.4, -0.2) is 40.1 Å². The molecule has 1 saturated heterocycles. The van der Waals surface area contributed by atoms with Crippen molar-refractivity contribution in [2.75, 3.05) is 20.3 Å². The maximum Gasteiger partial charge on any atom is 0.155 e. The molecule has 2 aromatic heterocycles. The van der Waals surface area contributed by atoms with Crippen LogP contribution in [0, 0.1) is 0 Å². The predicted molar refractivity (Wildman–Crippen MR) is 93.1 cm³/mol. The standard InChI is InChI=1S/C19H20N4O2/c1-24-17-4-2-14(3-5-17)12-18-21-19(15-8-11-25-13-15)23(22-18)16-6-9-20-10-7-16/h2-7,9-10,15H,8,11-13H2,1H3. The Kier molecular flexibility index (Phi) is 4.43. The van der Waals surface area contributed by atoms with Gasteiger partial charge in [-0.1, -0.05) is 12.1 Å². The number of ether oxygens (including phenoxy) is 2. The lowest BCUT2D eigenvalue weighted by Gasteiger charge is -2.09. The lowest BCUT2D eigenvalue weighted by atomic mass is 10.1. The second kappa shape index (κ2) is 7.03. The first-order valence-electron chi connectivity index (χ1n) is 8.40. The SMILES string of the molecule is COc1ccc(Cc2nc(C3CCOC3)n(-c3ccncc3)n2)cc1. The van der Waals surface area contributed by atoms with Crippen molar-refractivity contribution in [2.24, 2.45) is 0 Å². The molecule has 0 radical (unpaired) electrons. The maximum absolute atomic E-state index is 5.55. The van der Waals surface area contributed by atoms with E-state index in [4.69, 9.17) is 19.6 Å². The summed E-state index contributed by atoms with van der Waals surface area (Å²) in [5.41, 5.74) is 2.13. The lowest BCUT2D eigenvalue weighted by Crippen LogP contribution is -2.09. The van der Waals surface area contributed by atoms with Crippen molar-refractivity contribution in [3.05, 3.63) is 66.0 Å². The van der Waals surface area contributed by atoms with Crippen LogP contribution in [0.25, 0.3) is 5.69 Å². The minimum atomic E-state index is 0.283. The smallest absolute Gasteiger partial charge is 0.155 e. The molecule has 25 heavy (non-hydrogen) atoms. The highest BCUT2D eigenvalue weighted by Crippen LogP contribution is 2.26. The second-order valence-corrected chi connectivity index (χ2v) is 6.09. The van der Waals surface area contributed by atoms with Gasteiger partial charge in [-0.3, -0.25) is 4.98 Å². The number of pyridine rings is 1. The van der Waals surface area contributed by atoms with Gasteiger partial charge in [-0.25, -0.2) is 9.67 Å². The van der Waals surface area contributed by atoms with Crippen LogP contribution in [0.4, 0.5) is 0 Å². The quantitative estimate of drug-likeness (QED) is 0.717. The van der Waals surface area contributed by atoms with E-state index in [1.54, 1.807) is 19.5 Å². The Morgan fingerprint density at radius 3 is 2.64 bits per heavy atom. The average molecular weight is 336 g/mol. The third-order valence-corrected chi connectivity index (χ3v) is 4.40. The van der Waals surface area contributed by atoms with E-state index in [2.05, 4.69) is 4.98 Å². The van der Waals surface area contributed by atoms with Crippen molar-refractivity contribution in [1.29, 1.82) is 0 Å². The third kappa shape index (κ3) is 3.39. The van der Waals surface area contributed by atoms with Crippen molar-refractivity contribution in [3.63, 3.8) is 0 Å². The monoisotopic (exact) mass is 336 g/mol. The third-order valence-electron chi connectivity index (χ3n) is 4.40. The van der Waals surface area contributed by atoms with Crippen LogP contribution >= 0.6 is 0 Å². The lowest BCUT2D eigenvalue weighted by molar-refractivity contribution is 0.193. The number of methoxy groups -OCH3 is 1. The second-order valence-electron chi connectivity index (χ2n) is 6.09. The fourth-order valence-corrected chi connectivity index (χ4v) is 3.05. The van der Waals surface area contributed by atoms with Gasteiger partial charge < -0.3 is 9.47 Å². The highest BCUT2D eigenvalue weighted by atomic mass is 16.5. The molecular weight excluding hydrogens is 316 g/mol. The Hall–Kier alpha value is -2.73. The van der Waals surface area contributed by atoms with Gasteiger partial charge in [0.15, 0.2) is 5.82 Å². The molecule has 1 atom stereocenters. The van der Waals surface area contributed by atoms with E-state index in [1.807, 2.05) is 41.1 Å². The molecule has 0 amide bonds. The zero-order valence-corrected chi connectivity index (χ0v) is 14.1. The van der Waals surface area contributed by atoms with Gasteiger partial charge in [0, 0.05) is 31.3 Å². The highest BCUT2D eigenvalue weighted by Gasteiger charge is 2.25. The summed E-state index contributed by atoms with van der Waals surface area (Å²) in [5, 5.41) is 4.75. The molecule has 1 fully saturated rings. The molecule has 3 heterocycles. The van der Waals surface area contributed by atoms with Crippen molar-refractivity contribution >= 4 is 0 Å². The number of benzene rings is 1. The Balaban J connectivity index is 1.66. The number of aromatic nitrogens is 4. The highest BCUT2D eigenvalue weighted by molar-refractivity contribution is 5.32. The summed E-state index contributed by atoms with van der Waals surface area (Å²) in [6, 6.07) is 11.9. The van der Waals surface area contributed by atoms with Crippen LogP contribution in [0.15, 0.2) is 48.8 Å². The molecule has 1 aliphatic heterocycles. The molecule has 3 aromatic rings. The molecule has 4 rings (SSSR count). The Labute approximate surface area is 146 Å². The van der Waals surface area contributed by atoms with Gasteiger partial charge in [0.2, 0.25) is 0 Å². The molecule has 0 bridgehead atoms. The molecule has 6 heteroatoms. The van der Waals surface area contributed by atoms with Crippen LogP contribution in [0.3, 0.4) is 0 Å². The van der Waals surface area contributed by atoms with Crippen LogP contribution in [0.2, 0.25) is 0 Å². The zero-order valence-electron chi connectivity index (χ0n) is 14.1. The normalized spacial score (nSPS) is 16.9. The van der Waals surface area contributed by atoms with Gasteiger partial charge >= 0.3 is 0 Å². The van der Waals surface area contributed by atoms with Gasteiger partial charge in [0.25, 0.3) is 0 Å². The summed E-state index contributed by atoms with van der Waals surface area (Å²) in [6.45, 7) is 1.48. The van der Waals surface area contributed by atoms with Crippen molar-refractivity contribution in [2.45, 2.75) is 18.8 Å². The van der Waals surface area contributed by atoms with Gasteiger partial charge in [0.05, 0.1) is 19.4 Å². The Bertz CT molecular complexity index is 824. The van der Waals surface area contributed by atoms with Gasteiger partial charge in [-0.15, -0.1) is 0 Å². The van der Waals surface area contributed by atoms with Crippen molar-refractivity contribution in [3.8, 4) is 11.4 Å².